The first-order valence-corrected chi connectivity index (χ1v) is 7.19. The number of allylic oxidation sites excluding steroid dienone is 1. The zero-order valence-electron chi connectivity index (χ0n) is 13.6. The maximum absolute atomic E-state index is 12.4. The highest BCUT2D eigenvalue weighted by molar-refractivity contribution is 5.98. The number of ether oxygens (including phenoxy) is 3. The van der Waals surface area contributed by atoms with Gasteiger partial charge in [-0.15, -0.1) is 0 Å². The molecule has 0 spiro atoms. The van der Waals surface area contributed by atoms with Crippen molar-refractivity contribution in [3.63, 3.8) is 0 Å². The zero-order valence-corrected chi connectivity index (χ0v) is 13.6. The molecule has 124 valence electrons. The van der Waals surface area contributed by atoms with E-state index in [9.17, 15) is 9.59 Å². The van der Waals surface area contributed by atoms with E-state index >= 15 is 0 Å². The molecule has 1 aromatic carbocycles. The highest BCUT2D eigenvalue weighted by Gasteiger charge is 2.32. The summed E-state index contributed by atoms with van der Waals surface area (Å²) in [6.07, 6.45) is 0. The van der Waals surface area contributed by atoms with Crippen molar-refractivity contribution < 1.29 is 23.8 Å². The van der Waals surface area contributed by atoms with Gasteiger partial charge in [-0.2, -0.15) is 0 Å². The van der Waals surface area contributed by atoms with Crippen molar-refractivity contribution in [2.24, 2.45) is 0 Å². The Morgan fingerprint density at radius 3 is 2.61 bits per heavy atom. The molecule has 1 aliphatic rings. The Bertz CT molecular complexity index is 654. The summed E-state index contributed by atoms with van der Waals surface area (Å²) in [4.78, 5) is 24.2. The van der Waals surface area contributed by atoms with Gasteiger partial charge in [0.15, 0.2) is 0 Å². The summed E-state index contributed by atoms with van der Waals surface area (Å²) in [5, 5.41) is 5.63. The molecule has 0 bridgehead atoms. The Morgan fingerprint density at radius 2 is 2.00 bits per heavy atom. The topological polar surface area (TPSA) is 85.9 Å². The summed E-state index contributed by atoms with van der Waals surface area (Å²) in [7, 11) is 3.07. The number of carbonyl (C=O) groups is 2. The molecule has 7 heteroatoms. The van der Waals surface area contributed by atoms with Crippen LogP contribution in [0.3, 0.4) is 0 Å². The van der Waals surface area contributed by atoms with Crippen LogP contribution in [0.15, 0.2) is 29.6 Å². The highest BCUT2D eigenvalue weighted by atomic mass is 16.5. The van der Waals surface area contributed by atoms with Crippen LogP contribution in [0, 0.1) is 0 Å². The van der Waals surface area contributed by atoms with Crippen molar-refractivity contribution in [3.8, 4) is 11.5 Å². The third-order valence-electron chi connectivity index (χ3n) is 3.48. The van der Waals surface area contributed by atoms with Crippen LogP contribution in [0.2, 0.25) is 0 Å². The van der Waals surface area contributed by atoms with Crippen molar-refractivity contribution in [2.45, 2.75) is 19.9 Å². The lowest BCUT2D eigenvalue weighted by Gasteiger charge is -2.28. The van der Waals surface area contributed by atoms with Gasteiger partial charge in [0, 0.05) is 17.3 Å². The van der Waals surface area contributed by atoms with E-state index in [0.29, 0.717) is 22.8 Å². The van der Waals surface area contributed by atoms with Crippen LogP contribution < -0.4 is 20.1 Å². The molecule has 23 heavy (non-hydrogen) atoms. The lowest BCUT2D eigenvalue weighted by molar-refractivity contribution is -0.140. The Morgan fingerprint density at radius 1 is 1.26 bits per heavy atom. The predicted octanol–water partition coefficient (Wildman–Crippen LogP) is 1.26. The van der Waals surface area contributed by atoms with Gasteiger partial charge in [0.25, 0.3) is 5.91 Å². The molecular weight excluding hydrogens is 300 g/mol. The fourth-order valence-electron chi connectivity index (χ4n) is 2.33. The van der Waals surface area contributed by atoms with E-state index in [2.05, 4.69) is 10.6 Å². The lowest BCUT2D eigenvalue weighted by atomic mass is 10.0. The number of esters is 1. The SMILES string of the molecule is CCOC(=O)C1=C(C)NC(c2ccc(OC)cc2OC)C(=O)N1. The molecule has 1 atom stereocenters. The van der Waals surface area contributed by atoms with Gasteiger partial charge in [-0.3, -0.25) is 4.79 Å². The van der Waals surface area contributed by atoms with Gasteiger partial charge >= 0.3 is 5.97 Å². The number of methoxy groups -OCH3 is 2. The summed E-state index contributed by atoms with van der Waals surface area (Å²) in [5.41, 5.74) is 1.31. The van der Waals surface area contributed by atoms with E-state index in [4.69, 9.17) is 14.2 Å². The van der Waals surface area contributed by atoms with Crippen molar-refractivity contribution in [3.05, 3.63) is 35.2 Å². The van der Waals surface area contributed by atoms with E-state index in [-0.39, 0.29) is 18.2 Å². The third kappa shape index (κ3) is 3.39. The molecule has 0 fully saturated rings. The largest absolute Gasteiger partial charge is 0.497 e. The van der Waals surface area contributed by atoms with Gasteiger partial charge in [-0.1, -0.05) is 0 Å². The van der Waals surface area contributed by atoms with Gasteiger partial charge in [0.1, 0.15) is 23.2 Å². The Kier molecular flexibility index (Phi) is 5.10. The molecule has 1 unspecified atom stereocenters. The molecule has 2 N–H and O–H groups in total. The molecule has 1 heterocycles. The molecular formula is C16H20N2O5. The molecule has 1 amide bonds. The van der Waals surface area contributed by atoms with E-state index in [1.807, 2.05) is 0 Å². The minimum atomic E-state index is -0.672. The van der Waals surface area contributed by atoms with Gasteiger partial charge in [0.2, 0.25) is 0 Å². The van der Waals surface area contributed by atoms with Crippen LogP contribution >= 0.6 is 0 Å². The first kappa shape index (κ1) is 16.7. The summed E-state index contributed by atoms with van der Waals surface area (Å²) in [5.74, 6) is 0.221. The average Bonchev–Trinajstić information content (AvgIpc) is 2.56. The fraction of sp³-hybridized carbons (Fsp3) is 0.375. The Labute approximate surface area is 134 Å². The summed E-state index contributed by atoms with van der Waals surface area (Å²) in [6, 6.07) is 4.52. The number of rotatable bonds is 5. The molecule has 0 saturated heterocycles. The summed E-state index contributed by atoms with van der Waals surface area (Å²) < 4.78 is 15.4. The van der Waals surface area contributed by atoms with Crippen molar-refractivity contribution in [2.75, 3.05) is 20.8 Å². The van der Waals surface area contributed by atoms with E-state index in [1.165, 1.54) is 7.11 Å². The number of hydrogen-bond donors (Lipinski definition) is 2. The maximum atomic E-state index is 12.4. The minimum Gasteiger partial charge on any atom is -0.497 e. The van der Waals surface area contributed by atoms with E-state index in [0.717, 1.165) is 0 Å². The van der Waals surface area contributed by atoms with Crippen molar-refractivity contribution in [1.82, 2.24) is 10.6 Å². The Hall–Kier alpha value is -2.70. The second kappa shape index (κ2) is 7.04. The van der Waals surface area contributed by atoms with E-state index < -0.39 is 12.0 Å². The molecule has 1 aliphatic heterocycles. The standard InChI is InChI=1S/C16H20N2O5/c1-5-23-16(20)13-9(2)17-14(15(19)18-13)11-7-6-10(21-3)8-12(11)22-4/h6-8,14,17H,5H2,1-4H3,(H,18,19). The minimum absolute atomic E-state index is 0.126. The predicted molar refractivity (Wildman–Crippen MR) is 82.9 cm³/mol. The fourth-order valence-corrected chi connectivity index (χ4v) is 2.33. The van der Waals surface area contributed by atoms with Gasteiger partial charge in [0.05, 0.1) is 20.8 Å². The van der Waals surface area contributed by atoms with Crippen LogP contribution in [0.1, 0.15) is 25.5 Å². The number of amides is 1. The molecule has 2 rings (SSSR count). The molecule has 0 radical (unpaired) electrons. The molecule has 0 aromatic heterocycles. The van der Waals surface area contributed by atoms with E-state index in [1.54, 1.807) is 39.2 Å². The van der Waals surface area contributed by atoms with Crippen molar-refractivity contribution >= 4 is 11.9 Å². The monoisotopic (exact) mass is 320 g/mol. The Balaban J connectivity index is 2.33. The highest BCUT2D eigenvalue weighted by Crippen LogP contribution is 2.31. The molecule has 0 saturated carbocycles. The summed E-state index contributed by atoms with van der Waals surface area (Å²) >= 11 is 0. The first-order chi connectivity index (χ1) is 11.0. The molecule has 7 nitrogen and oxygen atoms in total. The van der Waals surface area contributed by atoms with Gasteiger partial charge in [-0.25, -0.2) is 4.79 Å². The second-order valence-electron chi connectivity index (χ2n) is 4.89. The smallest absolute Gasteiger partial charge is 0.356 e. The first-order valence-electron chi connectivity index (χ1n) is 7.19. The number of nitrogens with one attached hydrogen (secondary N) is 2. The summed E-state index contributed by atoms with van der Waals surface area (Å²) in [6.45, 7) is 3.65. The molecule has 1 aromatic rings. The van der Waals surface area contributed by atoms with Crippen LogP contribution in [0.25, 0.3) is 0 Å². The zero-order chi connectivity index (χ0) is 17.0. The van der Waals surface area contributed by atoms with Crippen LogP contribution in [-0.2, 0) is 14.3 Å². The maximum Gasteiger partial charge on any atom is 0.356 e. The van der Waals surface area contributed by atoms with Crippen LogP contribution in [-0.4, -0.2) is 32.7 Å². The number of benzene rings is 1. The quantitative estimate of drug-likeness (QED) is 0.795. The second-order valence-corrected chi connectivity index (χ2v) is 4.89. The third-order valence-corrected chi connectivity index (χ3v) is 3.48. The van der Waals surface area contributed by atoms with Gasteiger partial charge < -0.3 is 24.8 Å². The average molecular weight is 320 g/mol. The van der Waals surface area contributed by atoms with Gasteiger partial charge in [-0.05, 0) is 26.0 Å². The van der Waals surface area contributed by atoms with Crippen LogP contribution in [0.5, 0.6) is 11.5 Å². The molecule has 0 aliphatic carbocycles. The van der Waals surface area contributed by atoms with Crippen LogP contribution in [0.4, 0.5) is 0 Å². The van der Waals surface area contributed by atoms with Crippen molar-refractivity contribution in [1.29, 1.82) is 0 Å². The normalized spacial score (nSPS) is 17.2. The number of carbonyl (C=O) groups excluding carboxylic acids is 2. The lowest BCUT2D eigenvalue weighted by Crippen LogP contribution is -2.45. The number of hydrogen-bond acceptors (Lipinski definition) is 6.